The second-order valence-corrected chi connectivity index (χ2v) is 8.52. The van der Waals surface area contributed by atoms with E-state index in [4.69, 9.17) is 19.3 Å². The first-order valence-corrected chi connectivity index (χ1v) is 13.3. The fraction of sp³-hybridized carbons (Fsp3) is 0.500. The van der Waals surface area contributed by atoms with Crippen LogP contribution in [0.15, 0.2) is 49.0 Å². The molecule has 1 aromatic rings. The summed E-state index contributed by atoms with van der Waals surface area (Å²) in [7, 11) is 1.43. The van der Waals surface area contributed by atoms with Crippen LogP contribution in [0.3, 0.4) is 0 Å². The highest BCUT2D eigenvalue weighted by molar-refractivity contribution is 5.85. The third kappa shape index (κ3) is 20.6. The van der Waals surface area contributed by atoms with E-state index in [1.807, 2.05) is 12.2 Å². The maximum atomic E-state index is 11.5. The van der Waals surface area contributed by atoms with Crippen LogP contribution in [-0.2, 0) is 23.9 Å². The van der Waals surface area contributed by atoms with Gasteiger partial charge in [-0.2, -0.15) is 0 Å². The van der Waals surface area contributed by atoms with Crippen LogP contribution < -0.4 is 4.74 Å². The van der Waals surface area contributed by atoms with Gasteiger partial charge in [-0.15, -0.1) is 0 Å². The molecular formula is C30H44O8. The standard InChI is InChI=1S/C20H34O4.C10H10O4/c1-3-5-7-9-11-13-17-23-19(21)15-16-20(22)24-18-14-12-10-8-6-4-2;1-14-9-6-7(2-4-8(9)11)3-5-10(12)13/h13-14,17-18H,3-12,15-16H2,1-2H3;2-6,11H,1H3,(H,12,13). The van der Waals surface area contributed by atoms with Gasteiger partial charge in [0, 0.05) is 6.08 Å². The van der Waals surface area contributed by atoms with Crippen molar-refractivity contribution >= 4 is 24.0 Å². The molecule has 0 unspecified atom stereocenters. The first-order valence-electron chi connectivity index (χ1n) is 13.3. The number of rotatable bonds is 18. The highest BCUT2D eigenvalue weighted by Gasteiger charge is 2.07. The molecule has 8 nitrogen and oxygen atoms in total. The van der Waals surface area contributed by atoms with Crippen LogP contribution >= 0.6 is 0 Å². The number of phenols is 1. The molecule has 0 saturated carbocycles. The zero-order valence-electron chi connectivity index (χ0n) is 23.0. The normalized spacial score (nSPS) is 10.9. The number of carboxylic acids is 1. The van der Waals surface area contributed by atoms with E-state index in [0.29, 0.717) is 11.3 Å². The van der Waals surface area contributed by atoms with Crippen LogP contribution in [0.25, 0.3) is 6.08 Å². The minimum atomic E-state index is -1.02. The molecule has 0 aliphatic heterocycles. The van der Waals surface area contributed by atoms with E-state index in [9.17, 15) is 19.5 Å². The molecule has 0 atom stereocenters. The summed E-state index contributed by atoms with van der Waals surface area (Å²) in [5, 5.41) is 17.6. The number of esters is 2. The number of ether oxygens (including phenoxy) is 3. The molecule has 2 N–H and O–H groups in total. The van der Waals surface area contributed by atoms with Gasteiger partial charge in [0.05, 0.1) is 32.5 Å². The Morgan fingerprint density at radius 2 is 1.34 bits per heavy atom. The molecular weight excluding hydrogens is 488 g/mol. The molecule has 0 aliphatic rings. The fourth-order valence-corrected chi connectivity index (χ4v) is 3.05. The number of carbonyl (C=O) groups is 3. The molecule has 8 heteroatoms. The Kier molecular flexibility index (Phi) is 21.6. The smallest absolute Gasteiger partial charge is 0.328 e. The summed E-state index contributed by atoms with van der Waals surface area (Å²) >= 11 is 0. The first-order chi connectivity index (χ1) is 18.3. The third-order valence-corrected chi connectivity index (χ3v) is 5.20. The molecule has 1 aromatic carbocycles. The number of hydrogen-bond acceptors (Lipinski definition) is 7. The Morgan fingerprint density at radius 1 is 0.816 bits per heavy atom. The van der Waals surface area contributed by atoms with Crippen molar-refractivity contribution in [3.63, 3.8) is 0 Å². The van der Waals surface area contributed by atoms with Gasteiger partial charge in [-0.05, 0) is 61.6 Å². The number of carbonyl (C=O) groups excluding carboxylic acids is 2. The monoisotopic (exact) mass is 532 g/mol. The minimum absolute atomic E-state index is 0.0278. The van der Waals surface area contributed by atoms with Crippen LogP contribution in [0.4, 0.5) is 0 Å². The maximum absolute atomic E-state index is 11.5. The molecule has 0 radical (unpaired) electrons. The average Bonchev–Trinajstić information content (AvgIpc) is 2.90. The van der Waals surface area contributed by atoms with Crippen LogP contribution in [0.1, 0.15) is 96.5 Å². The van der Waals surface area contributed by atoms with E-state index in [2.05, 4.69) is 13.8 Å². The molecule has 0 saturated heterocycles. The van der Waals surface area contributed by atoms with Crippen LogP contribution in [0.2, 0.25) is 0 Å². The zero-order chi connectivity index (χ0) is 28.4. The summed E-state index contributed by atoms with van der Waals surface area (Å²) in [6.45, 7) is 4.35. The number of methoxy groups -OCH3 is 1. The Balaban J connectivity index is 0.000000824. The van der Waals surface area contributed by atoms with E-state index >= 15 is 0 Å². The summed E-state index contributed by atoms with van der Waals surface area (Å²) in [5.74, 6) is -1.48. The molecule has 0 amide bonds. The van der Waals surface area contributed by atoms with Gasteiger partial charge < -0.3 is 24.4 Å². The molecule has 1 rings (SSSR count). The van der Waals surface area contributed by atoms with Crippen molar-refractivity contribution in [3.05, 3.63) is 54.5 Å². The van der Waals surface area contributed by atoms with E-state index in [1.54, 1.807) is 12.1 Å². The molecule has 0 aromatic heterocycles. The Morgan fingerprint density at radius 3 is 1.79 bits per heavy atom. The predicted molar refractivity (Wildman–Crippen MR) is 149 cm³/mol. The quantitative estimate of drug-likeness (QED) is 0.0873. The summed E-state index contributed by atoms with van der Waals surface area (Å²) in [4.78, 5) is 33.1. The Hall–Kier alpha value is -3.55. The minimum Gasteiger partial charge on any atom is -0.504 e. The average molecular weight is 533 g/mol. The SMILES string of the molecule is CCCCCCC=COC(=O)CCC(=O)OC=CCCCCCC.COc1cc(C=CC(=O)O)ccc1O. The summed E-state index contributed by atoms with van der Waals surface area (Å²) in [6.07, 6.45) is 20.4. The molecule has 0 heterocycles. The number of allylic oxidation sites excluding steroid dienone is 2. The molecule has 38 heavy (non-hydrogen) atoms. The van der Waals surface area contributed by atoms with Crippen molar-refractivity contribution in [2.24, 2.45) is 0 Å². The Bertz CT molecular complexity index is 850. The number of unbranched alkanes of at least 4 members (excludes halogenated alkanes) is 8. The molecule has 0 spiro atoms. The topological polar surface area (TPSA) is 119 Å². The summed E-state index contributed by atoms with van der Waals surface area (Å²) in [5.41, 5.74) is 0.655. The number of phenolic OH excluding ortho intramolecular Hbond substituents is 1. The van der Waals surface area contributed by atoms with Gasteiger partial charge in [0.1, 0.15) is 0 Å². The largest absolute Gasteiger partial charge is 0.504 e. The van der Waals surface area contributed by atoms with Crippen LogP contribution in [-0.4, -0.2) is 35.2 Å². The second-order valence-electron chi connectivity index (χ2n) is 8.52. The maximum Gasteiger partial charge on any atom is 0.328 e. The lowest BCUT2D eigenvalue weighted by Crippen LogP contribution is -2.06. The van der Waals surface area contributed by atoms with E-state index in [0.717, 1.165) is 31.8 Å². The van der Waals surface area contributed by atoms with Crippen molar-refractivity contribution in [2.45, 2.75) is 90.9 Å². The first kappa shape index (κ1) is 34.5. The number of aromatic hydroxyl groups is 1. The lowest BCUT2D eigenvalue weighted by molar-refractivity contribution is -0.144. The zero-order valence-corrected chi connectivity index (χ0v) is 23.0. The second kappa shape index (κ2) is 23.8. The van der Waals surface area contributed by atoms with Crippen LogP contribution in [0.5, 0.6) is 11.5 Å². The van der Waals surface area contributed by atoms with Crippen LogP contribution in [0, 0.1) is 0 Å². The van der Waals surface area contributed by atoms with Gasteiger partial charge >= 0.3 is 17.9 Å². The van der Waals surface area contributed by atoms with E-state index in [-0.39, 0.29) is 18.6 Å². The van der Waals surface area contributed by atoms with Crippen molar-refractivity contribution in [2.75, 3.05) is 7.11 Å². The Labute approximate surface area is 227 Å². The van der Waals surface area contributed by atoms with Gasteiger partial charge in [-0.25, -0.2) is 4.79 Å². The fourth-order valence-electron chi connectivity index (χ4n) is 3.05. The van der Waals surface area contributed by atoms with E-state index < -0.39 is 17.9 Å². The van der Waals surface area contributed by atoms with Crippen molar-refractivity contribution in [1.29, 1.82) is 0 Å². The third-order valence-electron chi connectivity index (χ3n) is 5.20. The highest BCUT2D eigenvalue weighted by atomic mass is 16.5. The van der Waals surface area contributed by atoms with E-state index in [1.165, 1.54) is 70.3 Å². The molecule has 0 fully saturated rings. The van der Waals surface area contributed by atoms with Gasteiger partial charge in [-0.3, -0.25) is 9.59 Å². The van der Waals surface area contributed by atoms with Crippen molar-refractivity contribution in [1.82, 2.24) is 0 Å². The van der Waals surface area contributed by atoms with Gasteiger partial charge in [-0.1, -0.05) is 58.4 Å². The van der Waals surface area contributed by atoms with Gasteiger partial charge in [0.2, 0.25) is 0 Å². The lowest BCUT2D eigenvalue weighted by Gasteiger charge is -2.03. The van der Waals surface area contributed by atoms with Gasteiger partial charge in [0.15, 0.2) is 11.5 Å². The molecule has 0 aliphatic carbocycles. The summed E-state index contributed by atoms with van der Waals surface area (Å²) in [6, 6.07) is 4.59. The number of aliphatic carboxylic acids is 1. The molecule has 212 valence electrons. The van der Waals surface area contributed by atoms with Crippen molar-refractivity contribution < 1.29 is 38.8 Å². The number of benzene rings is 1. The summed E-state index contributed by atoms with van der Waals surface area (Å²) < 4.78 is 14.7. The number of carboxylic acid groups (broad SMARTS) is 1. The molecule has 0 bridgehead atoms. The predicted octanol–water partition coefficient (Wildman–Crippen LogP) is 7.32. The highest BCUT2D eigenvalue weighted by Crippen LogP contribution is 2.26. The number of hydrogen-bond donors (Lipinski definition) is 2. The van der Waals surface area contributed by atoms with Gasteiger partial charge in [0.25, 0.3) is 0 Å². The van der Waals surface area contributed by atoms with Crippen molar-refractivity contribution in [3.8, 4) is 11.5 Å². The lowest BCUT2D eigenvalue weighted by atomic mass is 10.1.